The van der Waals surface area contributed by atoms with Crippen LogP contribution in [0.1, 0.15) is 47.3 Å². The quantitative estimate of drug-likeness (QED) is 0.710. The summed E-state index contributed by atoms with van der Waals surface area (Å²) in [4.78, 5) is 42.1. The van der Waals surface area contributed by atoms with E-state index in [1.165, 1.54) is 32.7 Å². The highest BCUT2D eigenvalue weighted by atomic mass is 19.1. The van der Waals surface area contributed by atoms with Gasteiger partial charge < -0.3 is 20.9 Å². The summed E-state index contributed by atoms with van der Waals surface area (Å²) < 4.78 is 15.1. The number of nitrogens with zero attached hydrogens (tertiary/aromatic N) is 4. The molecule has 0 bridgehead atoms. The molecular formula is C22H29FN6O3. The van der Waals surface area contributed by atoms with E-state index in [-0.39, 0.29) is 37.2 Å². The van der Waals surface area contributed by atoms with Gasteiger partial charge in [-0.05, 0) is 24.3 Å². The summed E-state index contributed by atoms with van der Waals surface area (Å²) in [5, 5.41) is 7.09. The Kier molecular flexibility index (Phi) is 6.63. The lowest BCUT2D eigenvalue weighted by Crippen LogP contribution is -2.54. The number of aromatic nitrogens is 2. The lowest BCUT2D eigenvalue weighted by Gasteiger charge is -2.29. The molecule has 1 fully saturated rings. The van der Waals surface area contributed by atoms with Gasteiger partial charge in [0, 0.05) is 44.2 Å². The molecule has 3 amide bonds. The van der Waals surface area contributed by atoms with Gasteiger partial charge in [0.05, 0.1) is 5.69 Å². The maximum atomic E-state index is 13.7. The molecule has 0 spiro atoms. The van der Waals surface area contributed by atoms with Crippen molar-refractivity contribution >= 4 is 17.7 Å². The van der Waals surface area contributed by atoms with E-state index in [2.05, 4.69) is 10.4 Å². The SMILES string of the molecule is Cn1nc(C(C)(C)C)cc1C(=O)N1CCN(C(=O)c2cccc(F)c2)C1C(=O)NCCN. The molecule has 1 aromatic carbocycles. The molecule has 1 aliphatic heterocycles. The van der Waals surface area contributed by atoms with Crippen molar-refractivity contribution in [3.05, 3.63) is 53.1 Å². The van der Waals surface area contributed by atoms with Crippen molar-refractivity contribution in [2.24, 2.45) is 12.8 Å². The van der Waals surface area contributed by atoms with E-state index in [9.17, 15) is 18.8 Å². The molecule has 0 radical (unpaired) electrons. The number of hydrogen-bond acceptors (Lipinski definition) is 5. The zero-order valence-corrected chi connectivity index (χ0v) is 18.8. The lowest BCUT2D eigenvalue weighted by molar-refractivity contribution is -0.128. The van der Waals surface area contributed by atoms with Gasteiger partial charge in [-0.1, -0.05) is 26.8 Å². The third-order valence-electron chi connectivity index (χ3n) is 5.31. The molecule has 3 N–H and O–H groups in total. The highest BCUT2D eigenvalue weighted by molar-refractivity contribution is 6.01. The molecule has 32 heavy (non-hydrogen) atoms. The Bertz CT molecular complexity index is 1030. The highest BCUT2D eigenvalue weighted by Gasteiger charge is 2.44. The fourth-order valence-corrected chi connectivity index (χ4v) is 3.59. The number of halogens is 1. The molecule has 1 atom stereocenters. The van der Waals surface area contributed by atoms with Crippen LogP contribution in [0.15, 0.2) is 30.3 Å². The number of nitrogens with two attached hydrogens (primary N) is 1. The van der Waals surface area contributed by atoms with Crippen LogP contribution in [-0.2, 0) is 17.3 Å². The van der Waals surface area contributed by atoms with Gasteiger partial charge in [-0.25, -0.2) is 4.39 Å². The van der Waals surface area contributed by atoms with E-state index in [1.807, 2.05) is 20.8 Å². The summed E-state index contributed by atoms with van der Waals surface area (Å²) in [7, 11) is 1.66. The molecule has 2 heterocycles. The van der Waals surface area contributed by atoms with Crippen molar-refractivity contribution < 1.29 is 18.8 Å². The summed E-state index contributed by atoms with van der Waals surface area (Å²) in [6, 6.07) is 6.94. The summed E-state index contributed by atoms with van der Waals surface area (Å²) >= 11 is 0. The predicted octanol–water partition coefficient (Wildman–Crippen LogP) is 0.856. The number of benzene rings is 1. The average Bonchev–Trinajstić information content (AvgIpc) is 3.35. The van der Waals surface area contributed by atoms with Crippen LogP contribution in [0, 0.1) is 5.82 Å². The van der Waals surface area contributed by atoms with Gasteiger partial charge in [-0.15, -0.1) is 0 Å². The van der Waals surface area contributed by atoms with Crippen LogP contribution in [0.2, 0.25) is 0 Å². The van der Waals surface area contributed by atoms with E-state index in [0.717, 1.165) is 11.8 Å². The van der Waals surface area contributed by atoms with Crippen molar-refractivity contribution in [3.63, 3.8) is 0 Å². The van der Waals surface area contributed by atoms with Crippen LogP contribution in [0.4, 0.5) is 4.39 Å². The number of hydrogen-bond donors (Lipinski definition) is 2. The monoisotopic (exact) mass is 444 g/mol. The largest absolute Gasteiger partial charge is 0.351 e. The van der Waals surface area contributed by atoms with Gasteiger partial charge in [-0.2, -0.15) is 5.10 Å². The molecule has 1 unspecified atom stereocenters. The molecule has 9 nitrogen and oxygen atoms in total. The standard InChI is InChI=1S/C22H29FN6O3/c1-22(2,3)17-13-16(27(4)26-17)21(32)29-11-10-28(19(29)18(30)25-9-8-24)20(31)14-6-5-7-15(23)12-14/h5-7,12-13,19H,8-11,24H2,1-4H3,(H,25,30). The van der Waals surface area contributed by atoms with E-state index >= 15 is 0 Å². The molecule has 3 rings (SSSR count). The highest BCUT2D eigenvalue weighted by Crippen LogP contribution is 2.25. The molecule has 1 saturated heterocycles. The molecule has 1 aliphatic rings. The first kappa shape index (κ1) is 23.4. The summed E-state index contributed by atoms with van der Waals surface area (Å²) in [5.74, 6) is -2.04. The Morgan fingerprint density at radius 2 is 1.81 bits per heavy atom. The zero-order valence-electron chi connectivity index (χ0n) is 18.8. The predicted molar refractivity (Wildman–Crippen MR) is 116 cm³/mol. The third-order valence-corrected chi connectivity index (χ3v) is 5.31. The fraction of sp³-hybridized carbons (Fsp3) is 0.455. The van der Waals surface area contributed by atoms with Crippen LogP contribution in [0.25, 0.3) is 0 Å². The van der Waals surface area contributed by atoms with Gasteiger partial charge in [0.1, 0.15) is 11.5 Å². The Hall–Kier alpha value is -3.27. The van der Waals surface area contributed by atoms with Gasteiger partial charge in [0.2, 0.25) is 0 Å². The van der Waals surface area contributed by atoms with Crippen molar-refractivity contribution in [1.29, 1.82) is 0 Å². The van der Waals surface area contributed by atoms with Crippen LogP contribution in [0.3, 0.4) is 0 Å². The molecule has 0 aliphatic carbocycles. The minimum atomic E-state index is -1.18. The Morgan fingerprint density at radius 1 is 1.16 bits per heavy atom. The molecule has 0 saturated carbocycles. The summed E-state index contributed by atoms with van der Waals surface area (Å²) in [6.07, 6.45) is -1.18. The van der Waals surface area contributed by atoms with Gasteiger partial charge >= 0.3 is 0 Å². The van der Waals surface area contributed by atoms with Gasteiger partial charge in [0.15, 0.2) is 6.17 Å². The molecule has 172 valence electrons. The van der Waals surface area contributed by atoms with Crippen LogP contribution in [0.5, 0.6) is 0 Å². The molecule has 10 heteroatoms. The van der Waals surface area contributed by atoms with Gasteiger partial charge in [0.25, 0.3) is 17.7 Å². The Balaban J connectivity index is 1.94. The first-order valence-corrected chi connectivity index (χ1v) is 10.4. The number of aryl methyl sites for hydroxylation is 1. The molecular weight excluding hydrogens is 415 g/mol. The van der Waals surface area contributed by atoms with Crippen LogP contribution < -0.4 is 11.1 Å². The first-order valence-electron chi connectivity index (χ1n) is 10.4. The van der Waals surface area contributed by atoms with Crippen molar-refractivity contribution in [3.8, 4) is 0 Å². The molecule has 1 aromatic heterocycles. The smallest absolute Gasteiger partial charge is 0.274 e. The Morgan fingerprint density at radius 3 is 2.38 bits per heavy atom. The second kappa shape index (κ2) is 9.07. The number of amides is 3. The summed E-state index contributed by atoms with van der Waals surface area (Å²) in [6.45, 7) is 6.65. The molecule has 2 aromatic rings. The van der Waals surface area contributed by atoms with Crippen molar-refractivity contribution in [1.82, 2.24) is 24.9 Å². The van der Waals surface area contributed by atoms with Gasteiger partial charge in [-0.3, -0.25) is 19.1 Å². The minimum Gasteiger partial charge on any atom is -0.351 e. The van der Waals surface area contributed by atoms with Crippen LogP contribution in [-0.4, -0.2) is 69.6 Å². The van der Waals surface area contributed by atoms with Crippen molar-refractivity contribution in [2.45, 2.75) is 32.4 Å². The fourth-order valence-electron chi connectivity index (χ4n) is 3.59. The number of carbonyl (C=O) groups excluding carboxylic acids is 3. The second-order valence-corrected chi connectivity index (χ2v) is 8.75. The van der Waals surface area contributed by atoms with E-state index in [1.54, 1.807) is 13.1 Å². The van der Waals surface area contributed by atoms with E-state index in [0.29, 0.717) is 5.69 Å². The third kappa shape index (κ3) is 4.64. The van der Waals surface area contributed by atoms with E-state index < -0.39 is 29.7 Å². The number of nitrogens with one attached hydrogen (secondary N) is 1. The Labute approximate surface area is 186 Å². The second-order valence-electron chi connectivity index (χ2n) is 8.75. The number of carbonyl (C=O) groups is 3. The lowest BCUT2D eigenvalue weighted by atomic mass is 9.92. The summed E-state index contributed by atoms with van der Waals surface area (Å²) in [5.41, 5.74) is 6.38. The first-order chi connectivity index (χ1) is 15.0. The normalized spacial score (nSPS) is 16.4. The minimum absolute atomic E-state index is 0.103. The average molecular weight is 445 g/mol. The van der Waals surface area contributed by atoms with Crippen LogP contribution >= 0.6 is 0 Å². The maximum absolute atomic E-state index is 13.7. The van der Waals surface area contributed by atoms with E-state index in [4.69, 9.17) is 5.73 Å². The zero-order chi connectivity index (χ0) is 23.6. The maximum Gasteiger partial charge on any atom is 0.274 e. The topological polar surface area (TPSA) is 114 Å². The van der Waals surface area contributed by atoms with Crippen molar-refractivity contribution in [2.75, 3.05) is 26.2 Å². The number of rotatable bonds is 5.